The lowest BCUT2D eigenvalue weighted by atomic mass is 9.79. The average Bonchev–Trinajstić information content (AvgIpc) is 2.81. The van der Waals surface area contributed by atoms with E-state index in [4.69, 9.17) is 22.6 Å². The van der Waals surface area contributed by atoms with Crippen molar-refractivity contribution in [3.8, 4) is 6.07 Å². The van der Waals surface area contributed by atoms with Gasteiger partial charge in [-0.1, -0.05) is 11.6 Å². The van der Waals surface area contributed by atoms with Gasteiger partial charge in [-0.2, -0.15) is 5.26 Å². The number of nitrogens with zero attached hydrogens (tertiary/aromatic N) is 2. The Morgan fingerprint density at radius 2 is 2.05 bits per heavy atom. The van der Waals surface area contributed by atoms with E-state index >= 15 is 0 Å². The van der Waals surface area contributed by atoms with Crippen LogP contribution in [0.4, 0.5) is 5.69 Å². The summed E-state index contributed by atoms with van der Waals surface area (Å²) in [7, 11) is 0. The van der Waals surface area contributed by atoms with E-state index in [2.05, 4.69) is 11.0 Å². The molecule has 0 spiro atoms. The van der Waals surface area contributed by atoms with Gasteiger partial charge in [0.2, 0.25) is 0 Å². The molecule has 1 aromatic rings. The highest BCUT2D eigenvalue weighted by Gasteiger charge is 2.36. The minimum atomic E-state index is 0.380. The fraction of sp³-hybridized carbons (Fsp3) is 0.533. The molecule has 2 fully saturated rings. The summed E-state index contributed by atoms with van der Waals surface area (Å²) in [6.45, 7) is 2.17. The van der Waals surface area contributed by atoms with Crippen molar-refractivity contribution in [2.45, 2.75) is 25.3 Å². The monoisotopic (exact) mass is 275 g/mol. The molecule has 2 aliphatic rings. The molecule has 3 nitrogen and oxygen atoms in total. The summed E-state index contributed by atoms with van der Waals surface area (Å²) in [4.78, 5) is 2.39. The zero-order valence-electron chi connectivity index (χ0n) is 10.8. The van der Waals surface area contributed by atoms with E-state index in [1.807, 2.05) is 18.2 Å². The molecule has 0 amide bonds. The van der Waals surface area contributed by atoms with Crippen molar-refractivity contribution < 1.29 is 0 Å². The maximum absolute atomic E-state index is 8.91. The fourth-order valence-electron chi connectivity index (χ4n) is 3.47. The topological polar surface area (TPSA) is 53.0 Å². The third kappa shape index (κ3) is 2.43. The predicted octanol–water partition coefficient (Wildman–Crippen LogP) is 2.78. The first kappa shape index (κ1) is 12.8. The molecule has 1 aliphatic heterocycles. The van der Waals surface area contributed by atoms with Crippen LogP contribution in [-0.2, 0) is 0 Å². The van der Waals surface area contributed by atoms with Crippen LogP contribution >= 0.6 is 11.6 Å². The molecule has 1 aromatic carbocycles. The molecule has 2 N–H and O–H groups in total. The van der Waals surface area contributed by atoms with Gasteiger partial charge in [0.1, 0.15) is 6.07 Å². The van der Waals surface area contributed by atoms with Crippen molar-refractivity contribution in [3.05, 3.63) is 28.8 Å². The molecule has 3 rings (SSSR count). The van der Waals surface area contributed by atoms with Crippen LogP contribution in [0.3, 0.4) is 0 Å². The normalized spacial score (nSPS) is 29.9. The molecule has 19 heavy (non-hydrogen) atoms. The van der Waals surface area contributed by atoms with Crippen LogP contribution in [0.2, 0.25) is 5.02 Å². The molecular weight excluding hydrogens is 258 g/mol. The second-order valence-corrected chi connectivity index (χ2v) is 6.18. The van der Waals surface area contributed by atoms with Gasteiger partial charge in [0.05, 0.1) is 10.6 Å². The van der Waals surface area contributed by atoms with E-state index in [0.717, 1.165) is 43.5 Å². The van der Waals surface area contributed by atoms with Gasteiger partial charge < -0.3 is 10.6 Å². The third-order valence-corrected chi connectivity index (χ3v) is 4.84. The molecule has 0 radical (unpaired) electrons. The van der Waals surface area contributed by atoms with Crippen LogP contribution in [0.1, 0.15) is 24.8 Å². The van der Waals surface area contributed by atoms with Gasteiger partial charge >= 0.3 is 0 Å². The maximum atomic E-state index is 8.91. The Morgan fingerprint density at radius 1 is 1.26 bits per heavy atom. The number of hydrogen-bond donors (Lipinski definition) is 1. The summed E-state index contributed by atoms with van der Waals surface area (Å²) in [6.07, 6.45) is 3.54. The second-order valence-electron chi connectivity index (χ2n) is 5.77. The van der Waals surface area contributed by atoms with Crippen molar-refractivity contribution in [1.29, 1.82) is 5.26 Å². The fourth-order valence-corrected chi connectivity index (χ4v) is 3.69. The van der Waals surface area contributed by atoms with Crippen LogP contribution in [0.5, 0.6) is 0 Å². The molecule has 100 valence electrons. The van der Waals surface area contributed by atoms with Crippen molar-refractivity contribution in [3.63, 3.8) is 0 Å². The lowest BCUT2D eigenvalue weighted by Gasteiger charge is -2.27. The first-order chi connectivity index (χ1) is 9.17. The summed E-state index contributed by atoms with van der Waals surface area (Å²) >= 11 is 6.11. The zero-order valence-corrected chi connectivity index (χ0v) is 11.6. The lowest BCUT2D eigenvalue weighted by molar-refractivity contribution is 0.271. The Morgan fingerprint density at radius 3 is 2.79 bits per heavy atom. The smallest absolute Gasteiger partial charge is 0.101 e. The summed E-state index contributed by atoms with van der Waals surface area (Å²) in [5.41, 5.74) is 7.74. The Kier molecular flexibility index (Phi) is 3.38. The molecule has 3 atom stereocenters. The van der Waals surface area contributed by atoms with Gasteiger partial charge in [0, 0.05) is 24.8 Å². The van der Waals surface area contributed by atoms with Crippen LogP contribution in [0.25, 0.3) is 0 Å². The van der Waals surface area contributed by atoms with E-state index in [1.54, 1.807) is 0 Å². The van der Waals surface area contributed by atoms with Crippen LogP contribution in [0.15, 0.2) is 18.2 Å². The first-order valence-corrected chi connectivity index (χ1v) is 7.25. The molecule has 1 aliphatic carbocycles. The van der Waals surface area contributed by atoms with Gasteiger partial charge in [-0.3, -0.25) is 0 Å². The summed E-state index contributed by atoms with van der Waals surface area (Å²) in [5, 5.41) is 9.46. The van der Waals surface area contributed by atoms with Crippen molar-refractivity contribution in [2.24, 2.45) is 17.6 Å². The number of anilines is 1. The Bertz CT molecular complexity index is 523. The Labute approximate surface area is 118 Å². The van der Waals surface area contributed by atoms with Gasteiger partial charge in [0.15, 0.2) is 0 Å². The third-order valence-electron chi connectivity index (χ3n) is 4.53. The number of nitrogens with two attached hydrogens (primary N) is 1. The van der Waals surface area contributed by atoms with Crippen LogP contribution in [-0.4, -0.2) is 19.1 Å². The standard InChI is InChI=1S/C15H18ClN3/c16-15-6-14(4-2-10(15)7-17)19-8-11-1-3-13(18)5-12(11)9-19/h2,4,6,11-13H,1,3,5,8-9,18H2/t11-,12+,13?/m1/s1. The van der Waals surface area contributed by atoms with E-state index in [1.165, 1.54) is 6.42 Å². The number of nitriles is 1. The summed E-state index contributed by atoms with van der Waals surface area (Å²) in [5.74, 6) is 1.49. The molecular formula is C15H18ClN3. The van der Waals surface area contributed by atoms with Crippen LogP contribution < -0.4 is 10.6 Å². The number of benzene rings is 1. The molecule has 1 saturated heterocycles. The first-order valence-electron chi connectivity index (χ1n) is 6.87. The Hall–Kier alpha value is -1.24. The summed E-state index contributed by atoms with van der Waals surface area (Å²) < 4.78 is 0. The number of fused-ring (bicyclic) bond motifs is 1. The van der Waals surface area contributed by atoms with E-state index in [0.29, 0.717) is 16.6 Å². The van der Waals surface area contributed by atoms with Crippen molar-refractivity contribution in [2.75, 3.05) is 18.0 Å². The second kappa shape index (κ2) is 5.03. The van der Waals surface area contributed by atoms with Gasteiger partial charge in [-0.05, 0) is 49.3 Å². The molecule has 0 bridgehead atoms. The maximum Gasteiger partial charge on any atom is 0.101 e. The van der Waals surface area contributed by atoms with Crippen molar-refractivity contribution in [1.82, 2.24) is 0 Å². The predicted molar refractivity (Wildman–Crippen MR) is 77.2 cm³/mol. The number of hydrogen-bond acceptors (Lipinski definition) is 3. The average molecular weight is 276 g/mol. The quantitative estimate of drug-likeness (QED) is 0.857. The molecule has 1 heterocycles. The van der Waals surface area contributed by atoms with Gasteiger partial charge in [0.25, 0.3) is 0 Å². The van der Waals surface area contributed by atoms with E-state index in [9.17, 15) is 0 Å². The molecule has 0 aromatic heterocycles. The zero-order chi connectivity index (χ0) is 13.4. The minimum Gasteiger partial charge on any atom is -0.371 e. The largest absolute Gasteiger partial charge is 0.371 e. The highest BCUT2D eigenvalue weighted by molar-refractivity contribution is 6.32. The lowest BCUT2D eigenvalue weighted by Crippen LogP contribution is -2.32. The van der Waals surface area contributed by atoms with Gasteiger partial charge in [-0.25, -0.2) is 0 Å². The SMILES string of the molecule is N#Cc1ccc(N2C[C@H]3CCC(N)C[C@H]3C2)cc1Cl. The molecule has 1 unspecified atom stereocenters. The van der Waals surface area contributed by atoms with Crippen LogP contribution in [0, 0.1) is 23.2 Å². The van der Waals surface area contributed by atoms with Gasteiger partial charge in [-0.15, -0.1) is 0 Å². The Balaban J connectivity index is 1.78. The highest BCUT2D eigenvalue weighted by Crippen LogP contribution is 2.38. The molecule has 1 saturated carbocycles. The number of rotatable bonds is 1. The van der Waals surface area contributed by atoms with E-state index < -0.39 is 0 Å². The summed E-state index contributed by atoms with van der Waals surface area (Å²) in [6, 6.07) is 8.21. The minimum absolute atomic E-state index is 0.380. The van der Waals surface area contributed by atoms with E-state index in [-0.39, 0.29) is 0 Å². The highest BCUT2D eigenvalue weighted by atomic mass is 35.5. The van der Waals surface area contributed by atoms with Crippen molar-refractivity contribution >= 4 is 17.3 Å². The molecule has 4 heteroatoms. The number of halogens is 1.